The maximum atomic E-state index is 12.6. The van der Waals surface area contributed by atoms with E-state index in [1.165, 1.54) is 6.42 Å². The van der Waals surface area contributed by atoms with E-state index < -0.39 is 0 Å². The van der Waals surface area contributed by atoms with Crippen molar-refractivity contribution in [2.24, 2.45) is 5.92 Å². The lowest BCUT2D eigenvalue weighted by Gasteiger charge is -2.37. The minimum Gasteiger partial charge on any atom is -0.334 e. The predicted octanol–water partition coefficient (Wildman–Crippen LogP) is 2.12. The molecule has 4 heteroatoms. The molecule has 2 atom stereocenters. The zero-order chi connectivity index (χ0) is 12.5. The normalized spacial score (nSPS) is 27.1. The summed E-state index contributed by atoms with van der Waals surface area (Å²) in [6.07, 6.45) is 2.40. The molecule has 0 radical (unpaired) electrons. The number of nitrogens with one attached hydrogen (secondary N) is 1. The average Bonchev–Trinajstić information content (AvgIpc) is 2.86. The number of hydrogen-bond donors (Lipinski definition) is 1. The number of carbonyl (C=O) groups is 1. The second-order valence-electron chi connectivity index (χ2n) is 5.14. The number of nitrogens with zero attached hydrogens (tertiary/aromatic N) is 1. The third-order valence-corrected chi connectivity index (χ3v) is 4.68. The fourth-order valence-corrected chi connectivity index (χ4v) is 3.65. The van der Waals surface area contributed by atoms with Crippen LogP contribution in [0, 0.1) is 9.49 Å². The minimum absolute atomic E-state index is 0.201. The van der Waals surface area contributed by atoms with Crippen molar-refractivity contribution in [1.82, 2.24) is 10.2 Å². The number of carbonyl (C=O) groups excluding carboxylic acids is 1. The van der Waals surface area contributed by atoms with Crippen LogP contribution in [-0.4, -0.2) is 36.5 Å². The third-order valence-electron chi connectivity index (χ3n) is 4.01. The molecule has 1 aromatic carbocycles. The van der Waals surface area contributed by atoms with E-state index in [1.54, 1.807) is 0 Å². The van der Waals surface area contributed by atoms with Crippen molar-refractivity contribution in [2.75, 3.05) is 19.6 Å². The summed E-state index contributed by atoms with van der Waals surface area (Å²) >= 11 is 2.26. The van der Waals surface area contributed by atoms with E-state index in [9.17, 15) is 4.79 Å². The van der Waals surface area contributed by atoms with E-state index in [0.717, 1.165) is 35.2 Å². The lowest BCUT2D eigenvalue weighted by Crippen LogP contribution is -2.48. The van der Waals surface area contributed by atoms with Gasteiger partial charge in [-0.2, -0.15) is 0 Å². The number of rotatable bonds is 1. The van der Waals surface area contributed by atoms with Crippen LogP contribution in [0.5, 0.6) is 0 Å². The van der Waals surface area contributed by atoms with E-state index in [0.29, 0.717) is 12.0 Å². The fraction of sp³-hybridized carbons (Fsp3) is 0.500. The van der Waals surface area contributed by atoms with Crippen LogP contribution in [0.2, 0.25) is 0 Å². The summed E-state index contributed by atoms with van der Waals surface area (Å²) in [5.41, 5.74) is 0.828. The van der Waals surface area contributed by atoms with E-state index in [2.05, 4.69) is 32.8 Å². The molecule has 3 rings (SSSR count). The van der Waals surface area contributed by atoms with Crippen molar-refractivity contribution in [3.8, 4) is 0 Å². The van der Waals surface area contributed by atoms with Gasteiger partial charge in [-0.15, -0.1) is 0 Å². The summed E-state index contributed by atoms with van der Waals surface area (Å²) in [5, 5.41) is 3.42. The van der Waals surface area contributed by atoms with Gasteiger partial charge in [-0.25, -0.2) is 0 Å². The molecule has 2 aliphatic rings. The van der Waals surface area contributed by atoms with Gasteiger partial charge in [0.1, 0.15) is 0 Å². The molecule has 2 saturated heterocycles. The van der Waals surface area contributed by atoms with Crippen LogP contribution in [0.25, 0.3) is 0 Å². The fourth-order valence-electron chi connectivity index (χ4n) is 3.11. The monoisotopic (exact) mass is 356 g/mol. The molecule has 3 nitrogen and oxygen atoms in total. The summed E-state index contributed by atoms with van der Waals surface area (Å²) in [5.74, 6) is 0.859. The number of benzene rings is 1. The molecule has 18 heavy (non-hydrogen) atoms. The van der Waals surface area contributed by atoms with E-state index in [-0.39, 0.29) is 5.91 Å². The first-order chi connectivity index (χ1) is 8.75. The maximum Gasteiger partial charge on any atom is 0.254 e. The summed E-state index contributed by atoms with van der Waals surface area (Å²) in [4.78, 5) is 14.7. The van der Waals surface area contributed by atoms with Crippen LogP contribution in [0.1, 0.15) is 23.2 Å². The predicted molar refractivity (Wildman–Crippen MR) is 79.6 cm³/mol. The number of hydrogen-bond acceptors (Lipinski definition) is 2. The van der Waals surface area contributed by atoms with Crippen molar-refractivity contribution < 1.29 is 4.79 Å². The van der Waals surface area contributed by atoms with Gasteiger partial charge in [-0.3, -0.25) is 4.79 Å². The molecule has 1 amide bonds. The quantitative estimate of drug-likeness (QED) is 0.782. The first-order valence-corrected chi connectivity index (χ1v) is 7.61. The van der Waals surface area contributed by atoms with E-state index in [1.807, 2.05) is 24.3 Å². The first-order valence-electron chi connectivity index (χ1n) is 6.53. The van der Waals surface area contributed by atoms with Gasteiger partial charge in [0.25, 0.3) is 5.91 Å². The van der Waals surface area contributed by atoms with Crippen LogP contribution in [0.3, 0.4) is 0 Å². The molecule has 0 spiro atoms. The van der Waals surface area contributed by atoms with Crippen molar-refractivity contribution in [3.05, 3.63) is 33.4 Å². The van der Waals surface area contributed by atoms with E-state index >= 15 is 0 Å². The summed E-state index contributed by atoms with van der Waals surface area (Å²) in [7, 11) is 0. The SMILES string of the molecule is O=C(c1cccc(I)c1)N1CCCC2CNCC21. The molecule has 1 N–H and O–H groups in total. The number of amides is 1. The van der Waals surface area contributed by atoms with Gasteiger partial charge in [0.2, 0.25) is 0 Å². The number of piperidine rings is 1. The standard InChI is InChI=1S/C14H17IN2O/c15-12-5-1-3-10(7-12)14(18)17-6-2-4-11-8-16-9-13(11)17/h1,3,5,7,11,13,16H,2,4,6,8-9H2. The van der Waals surface area contributed by atoms with Crippen molar-refractivity contribution in [1.29, 1.82) is 0 Å². The molecule has 96 valence electrons. The van der Waals surface area contributed by atoms with Gasteiger partial charge in [-0.1, -0.05) is 6.07 Å². The molecule has 0 aliphatic carbocycles. The Morgan fingerprint density at radius 3 is 3.11 bits per heavy atom. The minimum atomic E-state index is 0.201. The Balaban J connectivity index is 1.83. The number of likely N-dealkylation sites (tertiary alicyclic amines) is 1. The number of fused-ring (bicyclic) bond motifs is 1. The van der Waals surface area contributed by atoms with Gasteiger partial charge in [-0.05, 0) is 59.5 Å². The second-order valence-corrected chi connectivity index (χ2v) is 6.38. The van der Waals surface area contributed by atoms with Gasteiger partial charge in [0.15, 0.2) is 0 Å². The van der Waals surface area contributed by atoms with Crippen molar-refractivity contribution in [2.45, 2.75) is 18.9 Å². The highest BCUT2D eigenvalue weighted by Gasteiger charge is 2.37. The Bertz CT molecular complexity index is 463. The van der Waals surface area contributed by atoms with Gasteiger partial charge >= 0.3 is 0 Å². The Labute approximate surface area is 121 Å². The number of halogens is 1. The largest absolute Gasteiger partial charge is 0.334 e. The molecule has 1 aromatic rings. The van der Waals surface area contributed by atoms with Gasteiger partial charge in [0.05, 0.1) is 0 Å². The summed E-state index contributed by atoms with van der Waals surface area (Å²) in [6.45, 7) is 2.94. The highest BCUT2D eigenvalue weighted by molar-refractivity contribution is 14.1. The molecule has 2 aliphatic heterocycles. The van der Waals surface area contributed by atoms with Crippen molar-refractivity contribution in [3.63, 3.8) is 0 Å². The molecule has 2 unspecified atom stereocenters. The van der Waals surface area contributed by atoms with Crippen molar-refractivity contribution >= 4 is 28.5 Å². The highest BCUT2D eigenvalue weighted by Crippen LogP contribution is 2.27. The van der Waals surface area contributed by atoms with Crippen LogP contribution < -0.4 is 5.32 Å². The molecular formula is C14H17IN2O. The van der Waals surface area contributed by atoms with E-state index in [4.69, 9.17) is 0 Å². The molecule has 2 fully saturated rings. The zero-order valence-corrected chi connectivity index (χ0v) is 12.4. The lowest BCUT2D eigenvalue weighted by atomic mass is 9.91. The van der Waals surface area contributed by atoms with Crippen LogP contribution in [0.15, 0.2) is 24.3 Å². The lowest BCUT2D eigenvalue weighted by molar-refractivity contribution is 0.0574. The molecule has 0 bridgehead atoms. The molecule has 2 heterocycles. The summed E-state index contributed by atoms with van der Waals surface area (Å²) < 4.78 is 1.12. The Kier molecular flexibility index (Phi) is 3.56. The first kappa shape index (κ1) is 12.4. The van der Waals surface area contributed by atoms with Crippen LogP contribution >= 0.6 is 22.6 Å². The highest BCUT2D eigenvalue weighted by atomic mass is 127. The Morgan fingerprint density at radius 1 is 1.39 bits per heavy atom. The van der Waals surface area contributed by atoms with Crippen LogP contribution in [-0.2, 0) is 0 Å². The van der Waals surface area contributed by atoms with Gasteiger partial charge < -0.3 is 10.2 Å². The third kappa shape index (κ3) is 2.28. The topological polar surface area (TPSA) is 32.3 Å². The Morgan fingerprint density at radius 2 is 2.28 bits per heavy atom. The Hall–Kier alpha value is -0.620. The smallest absolute Gasteiger partial charge is 0.254 e. The van der Waals surface area contributed by atoms with Gasteiger partial charge in [0, 0.05) is 34.8 Å². The average molecular weight is 356 g/mol. The van der Waals surface area contributed by atoms with Crippen LogP contribution in [0.4, 0.5) is 0 Å². The molecule has 0 saturated carbocycles. The second kappa shape index (κ2) is 5.17. The maximum absolute atomic E-state index is 12.6. The molecular weight excluding hydrogens is 339 g/mol. The zero-order valence-electron chi connectivity index (χ0n) is 10.2. The molecule has 0 aromatic heterocycles. The summed E-state index contributed by atoms with van der Waals surface area (Å²) in [6, 6.07) is 8.30.